The molecule has 1 amide bonds. The molecule has 5 heteroatoms. The standard InChI is InChI=1S/C12H22N2O3/c1-2-6-13-7-9-14(10-8-13)11(15)4-3-5-12(16)17/h2-10H2,1H3,(H,16,17). The van der Waals surface area contributed by atoms with Gasteiger partial charge < -0.3 is 10.0 Å². The van der Waals surface area contributed by atoms with Gasteiger partial charge in [-0.3, -0.25) is 14.5 Å². The molecule has 1 aliphatic heterocycles. The van der Waals surface area contributed by atoms with E-state index in [-0.39, 0.29) is 12.3 Å². The maximum absolute atomic E-state index is 11.8. The van der Waals surface area contributed by atoms with Crippen molar-refractivity contribution in [1.82, 2.24) is 9.80 Å². The first-order valence-corrected chi connectivity index (χ1v) is 6.35. The van der Waals surface area contributed by atoms with E-state index < -0.39 is 5.97 Å². The monoisotopic (exact) mass is 242 g/mol. The number of carbonyl (C=O) groups is 2. The lowest BCUT2D eigenvalue weighted by atomic mass is 10.2. The highest BCUT2D eigenvalue weighted by molar-refractivity contribution is 5.77. The third-order valence-electron chi connectivity index (χ3n) is 3.05. The van der Waals surface area contributed by atoms with E-state index in [1.54, 1.807) is 0 Å². The molecule has 0 unspecified atom stereocenters. The van der Waals surface area contributed by atoms with E-state index in [1.807, 2.05) is 4.90 Å². The molecule has 0 aliphatic carbocycles. The summed E-state index contributed by atoms with van der Waals surface area (Å²) in [4.78, 5) is 26.3. The third-order valence-corrected chi connectivity index (χ3v) is 3.05. The van der Waals surface area contributed by atoms with Crippen molar-refractivity contribution in [3.05, 3.63) is 0 Å². The molecule has 98 valence electrons. The zero-order valence-electron chi connectivity index (χ0n) is 10.5. The van der Waals surface area contributed by atoms with Crippen molar-refractivity contribution < 1.29 is 14.7 Å². The van der Waals surface area contributed by atoms with Gasteiger partial charge in [-0.25, -0.2) is 0 Å². The minimum absolute atomic E-state index is 0.0849. The van der Waals surface area contributed by atoms with Crippen LogP contribution in [0.25, 0.3) is 0 Å². The molecule has 1 N–H and O–H groups in total. The van der Waals surface area contributed by atoms with Gasteiger partial charge in [0.25, 0.3) is 0 Å². The summed E-state index contributed by atoms with van der Waals surface area (Å²) in [6.45, 7) is 6.71. The Balaban J connectivity index is 2.19. The molecular formula is C12H22N2O3. The smallest absolute Gasteiger partial charge is 0.303 e. The van der Waals surface area contributed by atoms with Gasteiger partial charge in [-0.1, -0.05) is 6.92 Å². The number of amides is 1. The molecule has 0 bridgehead atoms. The van der Waals surface area contributed by atoms with E-state index in [2.05, 4.69) is 11.8 Å². The summed E-state index contributed by atoms with van der Waals surface area (Å²) in [7, 11) is 0. The van der Waals surface area contributed by atoms with E-state index in [0.717, 1.165) is 39.1 Å². The summed E-state index contributed by atoms with van der Waals surface area (Å²) < 4.78 is 0. The van der Waals surface area contributed by atoms with Gasteiger partial charge in [0, 0.05) is 39.0 Å². The number of hydrogen-bond acceptors (Lipinski definition) is 3. The summed E-state index contributed by atoms with van der Waals surface area (Å²) in [5.74, 6) is -0.729. The van der Waals surface area contributed by atoms with E-state index in [1.165, 1.54) is 0 Å². The average molecular weight is 242 g/mol. The lowest BCUT2D eigenvalue weighted by Crippen LogP contribution is -2.48. The summed E-state index contributed by atoms with van der Waals surface area (Å²) in [6, 6.07) is 0. The number of carboxylic acids is 1. The second-order valence-corrected chi connectivity index (χ2v) is 4.47. The molecule has 1 fully saturated rings. The minimum atomic E-state index is -0.828. The number of carboxylic acid groups (broad SMARTS) is 1. The van der Waals surface area contributed by atoms with Crippen LogP contribution in [-0.2, 0) is 9.59 Å². The number of hydrogen-bond donors (Lipinski definition) is 1. The fourth-order valence-corrected chi connectivity index (χ4v) is 2.09. The molecule has 1 aliphatic rings. The maximum atomic E-state index is 11.8. The second kappa shape index (κ2) is 7.27. The third kappa shape index (κ3) is 5.17. The molecule has 1 rings (SSSR count). The number of carbonyl (C=O) groups excluding carboxylic acids is 1. The zero-order valence-corrected chi connectivity index (χ0v) is 10.5. The average Bonchev–Trinajstić information content (AvgIpc) is 2.30. The first-order chi connectivity index (χ1) is 8.13. The summed E-state index contributed by atoms with van der Waals surface area (Å²) in [5, 5.41) is 8.50. The van der Waals surface area contributed by atoms with Crippen molar-refractivity contribution in [2.75, 3.05) is 32.7 Å². The van der Waals surface area contributed by atoms with Crippen LogP contribution >= 0.6 is 0 Å². The SMILES string of the molecule is CCCN1CCN(C(=O)CCCC(=O)O)CC1. The fourth-order valence-electron chi connectivity index (χ4n) is 2.09. The summed E-state index contributed by atoms with van der Waals surface area (Å²) in [6.07, 6.45) is 2.04. The Bertz CT molecular complexity index is 260. The summed E-state index contributed by atoms with van der Waals surface area (Å²) in [5.41, 5.74) is 0. The first-order valence-electron chi connectivity index (χ1n) is 6.35. The van der Waals surface area contributed by atoms with Gasteiger partial charge >= 0.3 is 5.97 Å². The minimum Gasteiger partial charge on any atom is -0.481 e. The molecule has 1 heterocycles. The first kappa shape index (κ1) is 14.0. The lowest BCUT2D eigenvalue weighted by molar-refractivity contribution is -0.137. The number of aliphatic carboxylic acids is 1. The molecule has 0 saturated carbocycles. The van der Waals surface area contributed by atoms with Crippen molar-refractivity contribution in [3.8, 4) is 0 Å². The highest BCUT2D eigenvalue weighted by Crippen LogP contribution is 2.06. The zero-order chi connectivity index (χ0) is 12.7. The van der Waals surface area contributed by atoms with Crippen LogP contribution in [0.15, 0.2) is 0 Å². The van der Waals surface area contributed by atoms with Crippen LogP contribution in [-0.4, -0.2) is 59.5 Å². The molecule has 5 nitrogen and oxygen atoms in total. The van der Waals surface area contributed by atoms with E-state index in [9.17, 15) is 9.59 Å². The molecule has 0 aromatic heterocycles. The largest absolute Gasteiger partial charge is 0.481 e. The van der Waals surface area contributed by atoms with Crippen molar-refractivity contribution in [3.63, 3.8) is 0 Å². The maximum Gasteiger partial charge on any atom is 0.303 e. The Labute approximate surface area is 102 Å². The second-order valence-electron chi connectivity index (χ2n) is 4.47. The van der Waals surface area contributed by atoms with Gasteiger partial charge in [0.05, 0.1) is 0 Å². The molecule has 1 saturated heterocycles. The Morgan fingerprint density at radius 1 is 1.12 bits per heavy atom. The normalized spacial score (nSPS) is 17.1. The predicted molar refractivity (Wildman–Crippen MR) is 64.8 cm³/mol. The number of rotatable bonds is 6. The van der Waals surface area contributed by atoms with Gasteiger partial charge in [0.15, 0.2) is 0 Å². The molecular weight excluding hydrogens is 220 g/mol. The fraction of sp³-hybridized carbons (Fsp3) is 0.833. The van der Waals surface area contributed by atoms with Crippen LogP contribution in [0.4, 0.5) is 0 Å². The molecule has 0 atom stereocenters. The van der Waals surface area contributed by atoms with Gasteiger partial charge in [-0.05, 0) is 19.4 Å². The molecule has 0 aromatic rings. The molecule has 0 spiro atoms. The van der Waals surface area contributed by atoms with Crippen molar-refractivity contribution in [2.45, 2.75) is 32.6 Å². The van der Waals surface area contributed by atoms with Gasteiger partial charge in [-0.2, -0.15) is 0 Å². The number of nitrogens with zero attached hydrogens (tertiary/aromatic N) is 2. The topological polar surface area (TPSA) is 60.9 Å². The van der Waals surface area contributed by atoms with E-state index in [0.29, 0.717) is 12.8 Å². The highest BCUT2D eigenvalue weighted by Gasteiger charge is 2.20. The summed E-state index contributed by atoms with van der Waals surface area (Å²) >= 11 is 0. The highest BCUT2D eigenvalue weighted by atomic mass is 16.4. The Morgan fingerprint density at radius 3 is 2.29 bits per heavy atom. The van der Waals surface area contributed by atoms with Crippen molar-refractivity contribution in [1.29, 1.82) is 0 Å². The Morgan fingerprint density at radius 2 is 1.76 bits per heavy atom. The molecule has 0 radical (unpaired) electrons. The van der Waals surface area contributed by atoms with Gasteiger partial charge in [0.1, 0.15) is 0 Å². The van der Waals surface area contributed by atoms with Crippen LogP contribution in [0, 0.1) is 0 Å². The van der Waals surface area contributed by atoms with Gasteiger partial charge in [-0.15, -0.1) is 0 Å². The Kier molecular flexibility index (Phi) is 5.97. The molecule has 0 aromatic carbocycles. The molecule has 17 heavy (non-hydrogen) atoms. The van der Waals surface area contributed by atoms with Crippen molar-refractivity contribution in [2.24, 2.45) is 0 Å². The van der Waals surface area contributed by atoms with Crippen LogP contribution in [0.2, 0.25) is 0 Å². The lowest BCUT2D eigenvalue weighted by Gasteiger charge is -2.34. The van der Waals surface area contributed by atoms with Crippen molar-refractivity contribution >= 4 is 11.9 Å². The van der Waals surface area contributed by atoms with Crippen LogP contribution in [0.3, 0.4) is 0 Å². The number of piperazine rings is 1. The van der Waals surface area contributed by atoms with Crippen LogP contribution in [0.1, 0.15) is 32.6 Å². The van der Waals surface area contributed by atoms with E-state index in [4.69, 9.17) is 5.11 Å². The quantitative estimate of drug-likeness (QED) is 0.748. The van der Waals surface area contributed by atoms with Crippen LogP contribution < -0.4 is 0 Å². The Hall–Kier alpha value is -1.10. The van der Waals surface area contributed by atoms with Crippen LogP contribution in [0.5, 0.6) is 0 Å². The van der Waals surface area contributed by atoms with Gasteiger partial charge in [0.2, 0.25) is 5.91 Å². The van der Waals surface area contributed by atoms with E-state index >= 15 is 0 Å². The predicted octanol–water partition coefficient (Wildman–Crippen LogP) is 0.795.